The zero-order chi connectivity index (χ0) is 13.8. The Bertz CT molecular complexity index is 558. The van der Waals surface area contributed by atoms with Crippen LogP contribution >= 0.6 is 11.8 Å². The highest BCUT2D eigenvalue weighted by molar-refractivity contribution is 7.99. The summed E-state index contributed by atoms with van der Waals surface area (Å²) in [5.41, 5.74) is 1.65. The Kier molecular flexibility index (Phi) is 4.56. The highest BCUT2D eigenvalue weighted by Crippen LogP contribution is 2.34. The van der Waals surface area contributed by atoms with E-state index in [-0.39, 0.29) is 11.9 Å². The Balaban J connectivity index is 2.40. The van der Waals surface area contributed by atoms with Crippen molar-refractivity contribution < 1.29 is 4.39 Å². The third kappa shape index (κ3) is 3.33. The smallest absolute Gasteiger partial charge is 0.126 e. The van der Waals surface area contributed by atoms with Crippen LogP contribution in [0.2, 0.25) is 0 Å². The summed E-state index contributed by atoms with van der Waals surface area (Å²) in [6.07, 6.45) is 3.53. The van der Waals surface area contributed by atoms with Crippen molar-refractivity contribution in [3.8, 4) is 0 Å². The van der Waals surface area contributed by atoms with Crippen LogP contribution < -0.4 is 5.32 Å². The standard InChI is InChI=1S/C15H17FN2S/c1-10-8-15(19-12-4-6-18-7-5-12)13(9-14(10)16)11(2)17-3/h4-9,11,17H,1-3H3. The third-order valence-corrected chi connectivity index (χ3v) is 4.15. The number of aromatic nitrogens is 1. The molecule has 19 heavy (non-hydrogen) atoms. The lowest BCUT2D eigenvalue weighted by Crippen LogP contribution is -2.13. The van der Waals surface area contributed by atoms with Crippen LogP contribution in [0, 0.1) is 12.7 Å². The second kappa shape index (κ2) is 6.17. The van der Waals surface area contributed by atoms with Gasteiger partial charge in [0.15, 0.2) is 0 Å². The number of nitrogens with one attached hydrogen (secondary N) is 1. The van der Waals surface area contributed by atoms with Crippen LogP contribution in [0.5, 0.6) is 0 Å². The second-order valence-electron chi connectivity index (χ2n) is 4.43. The van der Waals surface area contributed by atoms with Gasteiger partial charge in [0, 0.05) is 28.2 Å². The average molecular weight is 276 g/mol. The molecule has 0 saturated heterocycles. The van der Waals surface area contributed by atoms with Crippen LogP contribution in [0.3, 0.4) is 0 Å². The van der Waals surface area contributed by atoms with Gasteiger partial charge in [0.2, 0.25) is 0 Å². The molecule has 0 amide bonds. The molecule has 0 bridgehead atoms. The van der Waals surface area contributed by atoms with Gasteiger partial charge in [-0.05, 0) is 56.3 Å². The predicted octanol–water partition coefficient (Wildman–Crippen LogP) is 3.96. The minimum Gasteiger partial charge on any atom is -0.313 e. The fourth-order valence-corrected chi connectivity index (χ4v) is 2.89. The molecule has 1 aromatic heterocycles. The van der Waals surface area contributed by atoms with Crippen molar-refractivity contribution in [1.29, 1.82) is 0 Å². The molecule has 1 N–H and O–H groups in total. The molecule has 1 atom stereocenters. The average Bonchev–Trinajstić information content (AvgIpc) is 2.43. The number of benzene rings is 1. The van der Waals surface area contributed by atoms with Gasteiger partial charge in [0.05, 0.1) is 0 Å². The van der Waals surface area contributed by atoms with Gasteiger partial charge in [-0.25, -0.2) is 4.39 Å². The number of rotatable bonds is 4. The Morgan fingerprint density at radius 2 is 1.95 bits per heavy atom. The van der Waals surface area contributed by atoms with E-state index in [1.54, 1.807) is 37.1 Å². The Hall–Kier alpha value is -1.39. The second-order valence-corrected chi connectivity index (χ2v) is 5.55. The van der Waals surface area contributed by atoms with Gasteiger partial charge in [-0.2, -0.15) is 0 Å². The van der Waals surface area contributed by atoms with Gasteiger partial charge in [-0.1, -0.05) is 11.8 Å². The number of hydrogen-bond acceptors (Lipinski definition) is 3. The Morgan fingerprint density at radius 3 is 2.58 bits per heavy atom. The summed E-state index contributed by atoms with van der Waals surface area (Å²) in [6.45, 7) is 3.82. The first-order chi connectivity index (χ1) is 9.11. The molecule has 4 heteroatoms. The lowest BCUT2D eigenvalue weighted by Gasteiger charge is -2.16. The first-order valence-electron chi connectivity index (χ1n) is 6.17. The summed E-state index contributed by atoms with van der Waals surface area (Å²) < 4.78 is 13.7. The minimum atomic E-state index is -0.156. The molecule has 0 radical (unpaired) electrons. The SMILES string of the molecule is CNC(C)c1cc(F)c(C)cc1Sc1ccncc1. The molecule has 0 aliphatic carbocycles. The normalized spacial score (nSPS) is 12.4. The van der Waals surface area contributed by atoms with Crippen molar-refractivity contribution in [2.24, 2.45) is 0 Å². The minimum absolute atomic E-state index is 0.111. The maximum absolute atomic E-state index is 13.7. The monoisotopic (exact) mass is 276 g/mol. The lowest BCUT2D eigenvalue weighted by atomic mass is 10.1. The van der Waals surface area contributed by atoms with Crippen molar-refractivity contribution in [2.75, 3.05) is 7.05 Å². The molecule has 1 aromatic carbocycles. The van der Waals surface area contributed by atoms with Crippen LogP contribution in [0.4, 0.5) is 4.39 Å². The van der Waals surface area contributed by atoms with Gasteiger partial charge in [0.1, 0.15) is 5.82 Å². The molecule has 100 valence electrons. The molecule has 1 unspecified atom stereocenters. The maximum Gasteiger partial charge on any atom is 0.126 e. The molecule has 2 nitrogen and oxygen atoms in total. The molecule has 0 fully saturated rings. The summed E-state index contributed by atoms with van der Waals surface area (Å²) >= 11 is 1.63. The number of halogens is 1. The summed E-state index contributed by atoms with van der Waals surface area (Å²) in [5, 5.41) is 3.16. The zero-order valence-electron chi connectivity index (χ0n) is 11.3. The van der Waals surface area contributed by atoms with E-state index in [4.69, 9.17) is 0 Å². The maximum atomic E-state index is 13.7. The number of nitrogens with zero attached hydrogens (tertiary/aromatic N) is 1. The van der Waals surface area contributed by atoms with Crippen LogP contribution in [0.25, 0.3) is 0 Å². The fourth-order valence-electron chi connectivity index (χ4n) is 1.79. The number of hydrogen-bond donors (Lipinski definition) is 1. The quantitative estimate of drug-likeness (QED) is 0.915. The van der Waals surface area contributed by atoms with Crippen LogP contribution in [-0.4, -0.2) is 12.0 Å². The van der Waals surface area contributed by atoms with E-state index >= 15 is 0 Å². The van der Waals surface area contributed by atoms with E-state index in [0.717, 1.165) is 15.4 Å². The molecular formula is C15H17FN2S. The third-order valence-electron chi connectivity index (χ3n) is 3.07. The molecule has 0 saturated carbocycles. The van der Waals surface area contributed by atoms with E-state index in [2.05, 4.69) is 10.3 Å². The van der Waals surface area contributed by atoms with E-state index in [9.17, 15) is 4.39 Å². The Labute approximate surface area is 117 Å². The summed E-state index contributed by atoms with van der Waals surface area (Å²) in [6, 6.07) is 7.55. The van der Waals surface area contributed by atoms with Gasteiger partial charge >= 0.3 is 0 Å². The highest BCUT2D eigenvalue weighted by Gasteiger charge is 2.13. The Morgan fingerprint density at radius 1 is 1.26 bits per heavy atom. The summed E-state index contributed by atoms with van der Waals surface area (Å²) in [4.78, 5) is 6.18. The zero-order valence-corrected chi connectivity index (χ0v) is 12.1. The number of pyridine rings is 1. The summed E-state index contributed by atoms with van der Waals surface area (Å²) in [7, 11) is 1.88. The molecule has 0 aliphatic heterocycles. The van der Waals surface area contributed by atoms with E-state index in [1.807, 2.05) is 32.2 Å². The summed E-state index contributed by atoms with van der Waals surface area (Å²) in [5.74, 6) is -0.156. The van der Waals surface area contributed by atoms with E-state index in [0.29, 0.717) is 5.56 Å². The van der Waals surface area contributed by atoms with Crippen LogP contribution in [0.15, 0.2) is 46.5 Å². The topological polar surface area (TPSA) is 24.9 Å². The largest absolute Gasteiger partial charge is 0.313 e. The van der Waals surface area contributed by atoms with Gasteiger partial charge in [-0.15, -0.1) is 0 Å². The van der Waals surface area contributed by atoms with E-state index < -0.39 is 0 Å². The molecule has 2 aromatic rings. The fraction of sp³-hybridized carbons (Fsp3) is 0.267. The molecular weight excluding hydrogens is 259 g/mol. The van der Waals surface area contributed by atoms with Crippen molar-refractivity contribution in [3.63, 3.8) is 0 Å². The lowest BCUT2D eigenvalue weighted by molar-refractivity contribution is 0.594. The first-order valence-corrected chi connectivity index (χ1v) is 6.98. The van der Waals surface area contributed by atoms with Crippen molar-refractivity contribution in [2.45, 2.75) is 29.7 Å². The first kappa shape index (κ1) is 14.0. The van der Waals surface area contributed by atoms with Crippen LogP contribution in [-0.2, 0) is 0 Å². The van der Waals surface area contributed by atoms with Crippen LogP contribution in [0.1, 0.15) is 24.1 Å². The molecule has 2 rings (SSSR count). The van der Waals surface area contributed by atoms with Gasteiger partial charge in [-0.3, -0.25) is 4.98 Å². The predicted molar refractivity (Wildman–Crippen MR) is 77.0 cm³/mol. The van der Waals surface area contributed by atoms with Crippen molar-refractivity contribution in [1.82, 2.24) is 10.3 Å². The van der Waals surface area contributed by atoms with Crippen molar-refractivity contribution >= 4 is 11.8 Å². The molecule has 0 spiro atoms. The molecule has 1 heterocycles. The van der Waals surface area contributed by atoms with Gasteiger partial charge < -0.3 is 5.32 Å². The van der Waals surface area contributed by atoms with Crippen molar-refractivity contribution in [3.05, 3.63) is 53.6 Å². The number of aryl methyl sites for hydroxylation is 1. The highest BCUT2D eigenvalue weighted by atomic mass is 32.2. The van der Waals surface area contributed by atoms with E-state index in [1.165, 1.54) is 0 Å². The molecule has 0 aliphatic rings. The van der Waals surface area contributed by atoms with Gasteiger partial charge in [0.25, 0.3) is 0 Å².